The Hall–Kier alpha value is -6.11. The van der Waals surface area contributed by atoms with Crippen molar-refractivity contribution < 1.29 is 18.7 Å². The van der Waals surface area contributed by atoms with Gasteiger partial charge in [-0.1, -0.05) is 30.0 Å². The van der Waals surface area contributed by atoms with Crippen LogP contribution >= 0.6 is 11.8 Å². The fourth-order valence-corrected chi connectivity index (χ4v) is 7.34. The number of nitrogens with two attached hydrogens (primary N) is 1. The molecule has 2 aliphatic heterocycles. The number of nitrogens with zero attached hydrogens (tertiary/aromatic N) is 8. The normalized spacial score (nSPS) is 14.6. The molecule has 2 aliphatic rings. The third-order valence-electron chi connectivity index (χ3n) is 9.10. The number of likely N-dealkylation sites (N-methyl/N-ethyl adjacent to an activating group) is 1. The number of rotatable bonds is 10. The van der Waals surface area contributed by atoms with Crippen molar-refractivity contribution in [1.29, 1.82) is 5.26 Å². The SMILES string of the molecule is CN1CCN(c2ccc3cc(/C=C(\C#N)C(=O)NCCCn4c(Sc5cc6c(cc5-c5ncco5)OCO6)nc5c(N)ncnc54)ccc3c2)CC1. The van der Waals surface area contributed by atoms with Crippen LogP contribution in [0.15, 0.2) is 87.4 Å². The first-order chi connectivity index (χ1) is 25.4. The first-order valence-corrected chi connectivity index (χ1v) is 17.6. The number of anilines is 2. The number of aromatic nitrogens is 5. The number of piperazine rings is 1. The summed E-state index contributed by atoms with van der Waals surface area (Å²) in [7, 11) is 2.15. The number of nitriles is 1. The first kappa shape index (κ1) is 33.1. The molecule has 6 aromatic rings. The smallest absolute Gasteiger partial charge is 0.261 e. The fraction of sp³-hybridized carbons (Fsp3) is 0.243. The molecule has 0 bridgehead atoms. The van der Waals surface area contributed by atoms with Gasteiger partial charge in [0.05, 0.1) is 11.8 Å². The summed E-state index contributed by atoms with van der Waals surface area (Å²) in [6.45, 7) is 4.95. The van der Waals surface area contributed by atoms with E-state index in [0.29, 0.717) is 58.8 Å². The zero-order chi connectivity index (χ0) is 35.6. The number of nitrogens with one attached hydrogen (secondary N) is 1. The molecule has 1 amide bonds. The van der Waals surface area contributed by atoms with E-state index in [1.807, 2.05) is 34.9 Å². The molecule has 0 aliphatic carbocycles. The minimum absolute atomic E-state index is 0.0279. The summed E-state index contributed by atoms with van der Waals surface area (Å²) in [4.78, 5) is 36.4. The summed E-state index contributed by atoms with van der Waals surface area (Å²) in [5.41, 5.74) is 9.94. The van der Waals surface area contributed by atoms with E-state index in [0.717, 1.165) is 47.4 Å². The lowest BCUT2D eigenvalue weighted by Crippen LogP contribution is -2.44. The minimum Gasteiger partial charge on any atom is -0.454 e. The van der Waals surface area contributed by atoms with E-state index in [4.69, 9.17) is 24.6 Å². The molecule has 52 heavy (non-hydrogen) atoms. The Bertz CT molecular complexity index is 2360. The van der Waals surface area contributed by atoms with Crippen LogP contribution in [0.5, 0.6) is 11.5 Å². The second-order valence-corrected chi connectivity index (χ2v) is 13.5. The van der Waals surface area contributed by atoms with E-state index in [1.165, 1.54) is 30.0 Å². The highest BCUT2D eigenvalue weighted by Gasteiger charge is 2.24. The number of benzene rings is 3. The molecule has 3 aromatic carbocycles. The summed E-state index contributed by atoms with van der Waals surface area (Å²) in [5.74, 6) is 1.43. The zero-order valence-electron chi connectivity index (χ0n) is 28.3. The van der Waals surface area contributed by atoms with Crippen LogP contribution in [0.25, 0.3) is 39.5 Å². The second kappa shape index (κ2) is 14.3. The van der Waals surface area contributed by atoms with Gasteiger partial charge in [0.25, 0.3) is 5.91 Å². The van der Waals surface area contributed by atoms with Crippen molar-refractivity contribution in [2.75, 3.05) is 57.2 Å². The number of carbonyl (C=O) groups excluding carboxylic acids is 1. The number of hydrogen-bond donors (Lipinski definition) is 2. The van der Waals surface area contributed by atoms with E-state index >= 15 is 0 Å². The highest BCUT2D eigenvalue weighted by atomic mass is 32.2. The third-order valence-corrected chi connectivity index (χ3v) is 10.2. The predicted octanol–water partition coefficient (Wildman–Crippen LogP) is 4.96. The van der Waals surface area contributed by atoms with Gasteiger partial charge in [-0.2, -0.15) is 5.26 Å². The molecular formula is C37H34N10O4S. The molecule has 0 atom stereocenters. The summed E-state index contributed by atoms with van der Waals surface area (Å²) < 4.78 is 18.8. The van der Waals surface area contributed by atoms with Crippen LogP contribution in [-0.4, -0.2) is 81.9 Å². The number of aryl methyl sites for hydroxylation is 1. The van der Waals surface area contributed by atoms with Crippen molar-refractivity contribution in [3.63, 3.8) is 0 Å². The second-order valence-electron chi connectivity index (χ2n) is 12.5. The van der Waals surface area contributed by atoms with Crippen molar-refractivity contribution in [3.8, 4) is 29.0 Å². The Morgan fingerprint density at radius 2 is 1.85 bits per heavy atom. The quantitative estimate of drug-likeness (QED) is 0.111. The standard InChI is InChI=1S/C37H34N10O4S/c1-45-10-12-46(13-11-45)27-6-5-24-15-23(3-4-25(24)17-27)16-26(20-38)35(48)40-7-2-9-47-34-32(33(39)42-21-43-34)44-37(47)52-31-19-30-29(50-22-51-30)18-28(31)36-41-8-14-49-36/h3-6,8,14-19,21H,2,7,9-13,22H2,1H3,(H,40,48)(H2,39,42,43)/b26-16+. The van der Waals surface area contributed by atoms with Gasteiger partial charge in [0, 0.05) is 49.9 Å². The molecule has 15 heteroatoms. The van der Waals surface area contributed by atoms with Gasteiger partial charge in [0.2, 0.25) is 12.7 Å². The number of ether oxygens (including phenoxy) is 2. The number of amides is 1. The zero-order valence-corrected chi connectivity index (χ0v) is 29.1. The van der Waals surface area contributed by atoms with Crippen molar-refractivity contribution in [3.05, 3.63) is 78.5 Å². The Labute approximate surface area is 302 Å². The van der Waals surface area contributed by atoms with Crippen molar-refractivity contribution in [2.45, 2.75) is 23.0 Å². The molecule has 8 rings (SSSR count). The van der Waals surface area contributed by atoms with Gasteiger partial charge < -0.3 is 39.3 Å². The Balaban J connectivity index is 0.961. The highest BCUT2D eigenvalue weighted by molar-refractivity contribution is 7.99. The van der Waals surface area contributed by atoms with Gasteiger partial charge in [-0.05, 0) is 66.2 Å². The van der Waals surface area contributed by atoms with Gasteiger partial charge >= 0.3 is 0 Å². The third kappa shape index (κ3) is 6.69. The molecule has 3 N–H and O–H groups in total. The minimum atomic E-state index is -0.444. The number of nitrogen functional groups attached to an aromatic ring is 1. The number of carbonyl (C=O) groups is 1. The summed E-state index contributed by atoms with van der Waals surface area (Å²) in [6, 6.07) is 18.2. The van der Waals surface area contributed by atoms with Gasteiger partial charge in [-0.15, -0.1) is 0 Å². The molecule has 0 radical (unpaired) electrons. The van der Waals surface area contributed by atoms with Gasteiger partial charge in [-0.25, -0.2) is 19.9 Å². The molecule has 0 unspecified atom stereocenters. The molecular weight excluding hydrogens is 681 g/mol. The van der Waals surface area contributed by atoms with Gasteiger partial charge in [0.1, 0.15) is 24.2 Å². The highest BCUT2D eigenvalue weighted by Crippen LogP contribution is 2.44. The van der Waals surface area contributed by atoms with E-state index < -0.39 is 5.91 Å². The molecule has 0 saturated carbocycles. The number of hydrogen-bond acceptors (Lipinski definition) is 13. The maximum absolute atomic E-state index is 13.1. The monoisotopic (exact) mass is 714 g/mol. The average Bonchev–Trinajstić information content (AvgIpc) is 3.93. The summed E-state index contributed by atoms with van der Waals surface area (Å²) >= 11 is 1.37. The maximum atomic E-state index is 13.1. The number of oxazole rings is 1. The summed E-state index contributed by atoms with van der Waals surface area (Å²) in [5, 5.41) is 15.5. The van der Waals surface area contributed by atoms with E-state index in [1.54, 1.807) is 12.3 Å². The Morgan fingerprint density at radius 3 is 2.65 bits per heavy atom. The van der Waals surface area contributed by atoms with Crippen molar-refractivity contribution in [2.24, 2.45) is 0 Å². The molecule has 1 fully saturated rings. The maximum Gasteiger partial charge on any atom is 0.261 e. The lowest BCUT2D eigenvalue weighted by molar-refractivity contribution is -0.117. The number of fused-ring (bicyclic) bond motifs is 3. The van der Waals surface area contributed by atoms with Gasteiger partial charge in [0.15, 0.2) is 33.6 Å². The molecule has 3 aromatic heterocycles. The lowest BCUT2D eigenvalue weighted by atomic mass is 10.0. The lowest BCUT2D eigenvalue weighted by Gasteiger charge is -2.34. The molecule has 5 heterocycles. The van der Waals surface area contributed by atoms with Crippen LogP contribution in [0.1, 0.15) is 12.0 Å². The average molecular weight is 715 g/mol. The predicted molar refractivity (Wildman–Crippen MR) is 197 cm³/mol. The topological polar surface area (TPSA) is 173 Å². The molecule has 14 nitrogen and oxygen atoms in total. The first-order valence-electron chi connectivity index (χ1n) is 16.8. The van der Waals surface area contributed by atoms with Crippen molar-refractivity contribution in [1.82, 2.24) is 34.7 Å². The van der Waals surface area contributed by atoms with E-state index in [2.05, 4.69) is 61.4 Å². The largest absolute Gasteiger partial charge is 0.454 e. The molecule has 0 spiro atoms. The fourth-order valence-electron chi connectivity index (χ4n) is 6.30. The number of imidazole rings is 1. The van der Waals surface area contributed by atoms with Crippen LogP contribution in [-0.2, 0) is 11.3 Å². The summed E-state index contributed by atoms with van der Waals surface area (Å²) in [6.07, 6.45) is 6.62. The van der Waals surface area contributed by atoms with E-state index in [9.17, 15) is 10.1 Å². The molecule has 1 saturated heterocycles. The Kier molecular flexibility index (Phi) is 9.06. The van der Waals surface area contributed by atoms with Gasteiger partial charge in [-0.3, -0.25) is 4.79 Å². The van der Waals surface area contributed by atoms with Crippen LogP contribution in [0.4, 0.5) is 11.5 Å². The van der Waals surface area contributed by atoms with Crippen LogP contribution in [0, 0.1) is 11.3 Å². The van der Waals surface area contributed by atoms with Crippen LogP contribution in [0.2, 0.25) is 0 Å². The molecule has 262 valence electrons. The van der Waals surface area contributed by atoms with E-state index in [-0.39, 0.29) is 18.2 Å². The van der Waals surface area contributed by atoms with Crippen LogP contribution in [0.3, 0.4) is 0 Å². The van der Waals surface area contributed by atoms with Crippen LogP contribution < -0.4 is 25.4 Å². The Morgan fingerprint density at radius 1 is 1.04 bits per heavy atom. The van der Waals surface area contributed by atoms with Crippen molar-refractivity contribution >= 4 is 57.2 Å².